The average molecular weight is 316 g/mol. The molecule has 0 unspecified atom stereocenters. The summed E-state index contributed by atoms with van der Waals surface area (Å²) in [4.78, 5) is 17.0. The number of anilines is 1. The quantitative estimate of drug-likeness (QED) is 0.790. The molecule has 0 atom stereocenters. The number of thiazole rings is 1. The zero-order valence-electron chi connectivity index (χ0n) is 11.8. The van der Waals surface area contributed by atoms with Gasteiger partial charge in [-0.25, -0.2) is 9.37 Å². The van der Waals surface area contributed by atoms with Gasteiger partial charge in [0, 0.05) is 17.5 Å². The van der Waals surface area contributed by atoms with E-state index in [-0.39, 0.29) is 17.5 Å². The SMILES string of the molecule is Cc1ccc(C(=O)Nc2ncc(Cc3ccccc3F)s2)o1. The number of aromatic nitrogens is 1. The molecule has 0 saturated carbocycles. The zero-order valence-corrected chi connectivity index (χ0v) is 12.6. The van der Waals surface area contributed by atoms with Gasteiger partial charge in [-0.05, 0) is 30.7 Å². The summed E-state index contributed by atoms with van der Waals surface area (Å²) >= 11 is 1.31. The standard InChI is InChI=1S/C16H13FN2O2S/c1-10-6-7-14(21-10)15(20)19-16-18-9-12(22-16)8-11-4-2-3-5-13(11)17/h2-7,9H,8H2,1H3,(H,18,19,20). The van der Waals surface area contributed by atoms with Crippen LogP contribution in [-0.4, -0.2) is 10.9 Å². The first-order chi connectivity index (χ1) is 10.6. The van der Waals surface area contributed by atoms with Crippen LogP contribution in [-0.2, 0) is 6.42 Å². The fourth-order valence-corrected chi connectivity index (χ4v) is 2.82. The average Bonchev–Trinajstić information content (AvgIpc) is 3.11. The van der Waals surface area contributed by atoms with Crippen molar-refractivity contribution < 1.29 is 13.6 Å². The Bertz CT molecular complexity index is 810. The molecule has 0 aliphatic rings. The topological polar surface area (TPSA) is 55.1 Å². The van der Waals surface area contributed by atoms with Gasteiger partial charge in [-0.2, -0.15) is 0 Å². The van der Waals surface area contributed by atoms with Gasteiger partial charge in [0.2, 0.25) is 0 Å². The van der Waals surface area contributed by atoms with Crippen LogP contribution in [0.2, 0.25) is 0 Å². The number of hydrogen-bond acceptors (Lipinski definition) is 4. The number of rotatable bonds is 4. The molecule has 0 aliphatic carbocycles. The molecule has 112 valence electrons. The van der Waals surface area contributed by atoms with Gasteiger partial charge in [0.25, 0.3) is 5.91 Å². The fourth-order valence-electron chi connectivity index (χ4n) is 1.99. The lowest BCUT2D eigenvalue weighted by molar-refractivity contribution is 0.0995. The van der Waals surface area contributed by atoms with Crippen LogP contribution in [0.1, 0.15) is 26.8 Å². The van der Waals surface area contributed by atoms with Gasteiger partial charge in [0.05, 0.1) is 0 Å². The Kier molecular flexibility index (Phi) is 4.02. The van der Waals surface area contributed by atoms with Crippen LogP contribution >= 0.6 is 11.3 Å². The smallest absolute Gasteiger partial charge is 0.293 e. The molecule has 0 radical (unpaired) electrons. The second-order valence-corrected chi connectivity index (χ2v) is 5.88. The fraction of sp³-hybridized carbons (Fsp3) is 0.125. The van der Waals surface area contributed by atoms with Crippen molar-refractivity contribution in [3.05, 3.63) is 70.4 Å². The van der Waals surface area contributed by atoms with Crippen molar-refractivity contribution in [2.45, 2.75) is 13.3 Å². The molecule has 3 aromatic rings. The number of carbonyl (C=O) groups is 1. The Hall–Kier alpha value is -2.47. The van der Waals surface area contributed by atoms with Gasteiger partial charge >= 0.3 is 0 Å². The number of aryl methyl sites for hydroxylation is 1. The van der Waals surface area contributed by atoms with E-state index >= 15 is 0 Å². The van der Waals surface area contributed by atoms with Crippen molar-refractivity contribution in [1.82, 2.24) is 4.98 Å². The Morgan fingerprint density at radius 1 is 1.32 bits per heavy atom. The summed E-state index contributed by atoms with van der Waals surface area (Å²) < 4.78 is 18.9. The summed E-state index contributed by atoms with van der Waals surface area (Å²) in [5.41, 5.74) is 0.602. The normalized spacial score (nSPS) is 10.6. The van der Waals surface area contributed by atoms with Crippen LogP contribution in [0.3, 0.4) is 0 Å². The summed E-state index contributed by atoms with van der Waals surface area (Å²) in [6.07, 6.45) is 2.08. The van der Waals surface area contributed by atoms with E-state index in [9.17, 15) is 9.18 Å². The summed E-state index contributed by atoms with van der Waals surface area (Å²) in [5.74, 6) is 0.320. The summed E-state index contributed by atoms with van der Waals surface area (Å²) in [7, 11) is 0. The third kappa shape index (κ3) is 3.23. The van der Waals surface area contributed by atoms with E-state index in [2.05, 4.69) is 10.3 Å². The largest absolute Gasteiger partial charge is 0.456 e. The van der Waals surface area contributed by atoms with Crippen LogP contribution in [0.5, 0.6) is 0 Å². The first-order valence-corrected chi connectivity index (χ1v) is 7.49. The molecule has 2 aromatic heterocycles. The van der Waals surface area contributed by atoms with Gasteiger partial charge in [-0.1, -0.05) is 18.2 Å². The minimum atomic E-state index is -0.347. The third-order valence-corrected chi connectivity index (χ3v) is 3.97. The molecule has 6 heteroatoms. The van der Waals surface area contributed by atoms with Gasteiger partial charge in [-0.3, -0.25) is 10.1 Å². The molecular weight excluding hydrogens is 303 g/mol. The molecule has 1 amide bonds. The van der Waals surface area contributed by atoms with E-state index < -0.39 is 0 Å². The second kappa shape index (κ2) is 6.11. The summed E-state index contributed by atoms with van der Waals surface area (Å²) in [6, 6.07) is 9.94. The van der Waals surface area contributed by atoms with Crippen molar-refractivity contribution in [3.63, 3.8) is 0 Å². The number of furan rings is 1. The number of benzene rings is 1. The second-order valence-electron chi connectivity index (χ2n) is 4.76. The van der Waals surface area contributed by atoms with Gasteiger partial charge in [-0.15, -0.1) is 11.3 Å². The lowest BCUT2D eigenvalue weighted by Crippen LogP contribution is -2.10. The molecule has 0 bridgehead atoms. The monoisotopic (exact) mass is 316 g/mol. The highest BCUT2D eigenvalue weighted by Crippen LogP contribution is 2.23. The lowest BCUT2D eigenvalue weighted by atomic mass is 10.1. The molecule has 3 rings (SSSR count). The highest BCUT2D eigenvalue weighted by molar-refractivity contribution is 7.15. The van der Waals surface area contributed by atoms with E-state index in [1.54, 1.807) is 43.5 Å². The first-order valence-electron chi connectivity index (χ1n) is 6.68. The van der Waals surface area contributed by atoms with Crippen molar-refractivity contribution in [2.75, 3.05) is 5.32 Å². The van der Waals surface area contributed by atoms with E-state index in [0.717, 1.165) is 4.88 Å². The number of halogens is 1. The highest BCUT2D eigenvalue weighted by atomic mass is 32.1. The van der Waals surface area contributed by atoms with Crippen molar-refractivity contribution in [2.24, 2.45) is 0 Å². The number of amides is 1. The maximum Gasteiger partial charge on any atom is 0.293 e. The lowest BCUT2D eigenvalue weighted by Gasteiger charge is -1.99. The van der Waals surface area contributed by atoms with Gasteiger partial charge in [0.15, 0.2) is 10.9 Å². The number of carbonyl (C=O) groups excluding carboxylic acids is 1. The van der Waals surface area contributed by atoms with E-state index in [4.69, 9.17) is 4.42 Å². The molecule has 0 aliphatic heterocycles. The molecule has 1 N–H and O–H groups in total. The Balaban J connectivity index is 1.69. The van der Waals surface area contributed by atoms with Crippen LogP contribution in [0.4, 0.5) is 9.52 Å². The number of nitrogens with one attached hydrogen (secondary N) is 1. The number of hydrogen-bond donors (Lipinski definition) is 1. The molecule has 0 fully saturated rings. The van der Waals surface area contributed by atoms with Crippen LogP contribution in [0.25, 0.3) is 0 Å². The molecule has 1 aromatic carbocycles. The molecule has 0 spiro atoms. The van der Waals surface area contributed by atoms with Crippen LogP contribution in [0, 0.1) is 12.7 Å². The number of nitrogens with zero attached hydrogens (tertiary/aromatic N) is 1. The molecule has 22 heavy (non-hydrogen) atoms. The molecule has 4 nitrogen and oxygen atoms in total. The Morgan fingerprint density at radius 2 is 2.14 bits per heavy atom. The van der Waals surface area contributed by atoms with E-state index in [1.165, 1.54) is 17.4 Å². The van der Waals surface area contributed by atoms with E-state index in [1.807, 2.05) is 0 Å². The van der Waals surface area contributed by atoms with Crippen molar-refractivity contribution >= 4 is 22.4 Å². The minimum absolute atomic E-state index is 0.239. The molecule has 2 heterocycles. The zero-order chi connectivity index (χ0) is 15.5. The third-order valence-electron chi connectivity index (χ3n) is 3.06. The Labute approximate surface area is 130 Å². The van der Waals surface area contributed by atoms with Crippen molar-refractivity contribution in [3.8, 4) is 0 Å². The predicted octanol–water partition coefficient (Wildman–Crippen LogP) is 4.03. The summed E-state index contributed by atoms with van der Waals surface area (Å²) in [5, 5.41) is 3.14. The van der Waals surface area contributed by atoms with Gasteiger partial charge < -0.3 is 4.42 Å². The maximum atomic E-state index is 13.6. The summed E-state index contributed by atoms with van der Waals surface area (Å²) in [6.45, 7) is 1.77. The molecule has 0 saturated heterocycles. The predicted molar refractivity (Wildman–Crippen MR) is 82.7 cm³/mol. The van der Waals surface area contributed by atoms with Crippen LogP contribution in [0.15, 0.2) is 47.0 Å². The Morgan fingerprint density at radius 3 is 2.86 bits per heavy atom. The van der Waals surface area contributed by atoms with E-state index in [0.29, 0.717) is 22.9 Å². The van der Waals surface area contributed by atoms with Crippen molar-refractivity contribution in [1.29, 1.82) is 0 Å². The molecular formula is C16H13FN2O2S. The maximum absolute atomic E-state index is 13.6. The van der Waals surface area contributed by atoms with Gasteiger partial charge in [0.1, 0.15) is 11.6 Å². The first kappa shape index (κ1) is 14.5. The minimum Gasteiger partial charge on any atom is -0.456 e. The highest BCUT2D eigenvalue weighted by Gasteiger charge is 2.13. The van der Waals surface area contributed by atoms with Crippen LogP contribution < -0.4 is 5.32 Å².